The maximum absolute atomic E-state index is 13.9. The van der Waals surface area contributed by atoms with Crippen molar-refractivity contribution in [1.82, 2.24) is 4.72 Å². The van der Waals surface area contributed by atoms with E-state index in [2.05, 4.69) is 4.72 Å². The lowest BCUT2D eigenvalue weighted by molar-refractivity contribution is 0.109. The average molecular weight is 337 g/mol. The summed E-state index contributed by atoms with van der Waals surface area (Å²) in [5.74, 6) is -0.861. The molecule has 118 valence electrons. The van der Waals surface area contributed by atoms with E-state index in [0.29, 0.717) is 12.8 Å². The molecule has 0 aliphatic heterocycles. The van der Waals surface area contributed by atoms with Gasteiger partial charge in [-0.2, -0.15) is 0 Å². The Morgan fingerprint density at radius 3 is 2.57 bits per heavy atom. The summed E-state index contributed by atoms with van der Waals surface area (Å²) in [5.41, 5.74) is 5.59. The molecule has 0 unspecified atom stereocenters. The number of benzene rings is 1. The lowest BCUT2D eigenvalue weighted by atomic mass is 9.88. The van der Waals surface area contributed by atoms with E-state index in [1.807, 2.05) is 0 Å². The Hall–Kier alpha value is -0.890. The average Bonchev–Trinajstić information content (AvgIpc) is 2.42. The molecule has 1 fully saturated rings. The highest BCUT2D eigenvalue weighted by atomic mass is 35.5. The zero-order valence-corrected chi connectivity index (χ0v) is 12.9. The molecule has 0 atom stereocenters. The summed E-state index contributed by atoms with van der Waals surface area (Å²) in [6.45, 7) is 0.209. The second-order valence-corrected chi connectivity index (χ2v) is 7.48. The summed E-state index contributed by atoms with van der Waals surface area (Å²) in [5, 5.41) is 9.09. The van der Waals surface area contributed by atoms with Crippen LogP contribution in [-0.2, 0) is 10.0 Å². The van der Waals surface area contributed by atoms with Gasteiger partial charge in [0.15, 0.2) is 5.82 Å². The highest BCUT2D eigenvalue weighted by Crippen LogP contribution is 2.27. The minimum absolute atomic E-state index is 0.0857. The molecular weight excluding hydrogens is 319 g/mol. The number of nitrogens with two attached hydrogens (primary N) is 1. The van der Waals surface area contributed by atoms with E-state index in [-0.39, 0.29) is 29.3 Å². The molecule has 8 heteroatoms. The van der Waals surface area contributed by atoms with Crippen molar-refractivity contribution in [3.63, 3.8) is 0 Å². The first kappa shape index (κ1) is 16.5. The van der Waals surface area contributed by atoms with Gasteiger partial charge in [-0.15, -0.1) is 0 Å². The van der Waals surface area contributed by atoms with Gasteiger partial charge in [-0.1, -0.05) is 11.6 Å². The Morgan fingerprint density at radius 1 is 1.33 bits per heavy atom. The van der Waals surface area contributed by atoms with Crippen molar-refractivity contribution < 1.29 is 17.9 Å². The third-order valence-electron chi connectivity index (χ3n) is 3.68. The van der Waals surface area contributed by atoms with Crippen LogP contribution in [0.25, 0.3) is 0 Å². The zero-order chi connectivity index (χ0) is 15.6. The van der Waals surface area contributed by atoms with Gasteiger partial charge < -0.3 is 10.8 Å². The summed E-state index contributed by atoms with van der Waals surface area (Å²) in [6, 6.07) is 2.21. The molecule has 0 radical (unpaired) electrons. The number of aliphatic hydroxyl groups is 1. The van der Waals surface area contributed by atoms with Crippen LogP contribution in [-0.4, -0.2) is 26.2 Å². The number of halogens is 2. The van der Waals surface area contributed by atoms with E-state index < -0.39 is 20.7 Å². The van der Waals surface area contributed by atoms with Gasteiger partial charge in [0.2, 0.25) is 10.0 Å². The van der Waals surface area contributed by atoms with Crippen molar-refractivity contribution in [3.05, 3.63) is 23.0 Å². The molecule has 1 aliphatic carbocycles. The van der Waals surface area contributed by atoms with E-state index >= 15 is 0 Å². The number of anilines is 1. The number of nitrogens with one attached hydrogen (secondary N) is 1. The topological polar surface area (TPSA) is 92.4 Å². The van der Waals surface area contributed by atoms with Crippen LogP contribution in [0.3, 0.4) is 0 Å². The molecule has 1 aromatic carbocycles. The molecule has 2 rings (SSSR count). The van der Waals surface area contributed by atoms with Crippen LogP contribution in [0.5, 0.6) is 0 Å². The molecule has 4 N–H and O–H groups in total. The predicted octanol–water partition coefficient (Wildman–Crippen LogP) is 1.89. The first-order chi connectivity index (χ1) is 9.79. The lowest BCUT2D eigenvalue weighted by Crippen LogP contribution is -2.32. The largest absolute Gasteiger partial charge is 0.399 e. The molecule has 1 aromatic rings. The first-order valence-electron chi connectivity index (χ1n) is 6.72. The van der Waals surface area contributed by atoms with E-state index in [1.165, 1.54) is 6.07 Å². The molecule has 0 aromatic heterocycles. The highest BCUT2D eigenvalue weighted by molar-refractivity contribution is 7.89. The van der Waals surface area contributed by atoms with Crippen LogP contribution in [0.15, 0.2) is 17.0 Å². The number of rotatable bonds is 4. The smallest absolute Gasteiger partial charge is 0.243 e. The van der Waals surface area contributed by atoms with Gasteiger partial charge in [-0.05, 0) is 43.7 Å². The predicted molar refractivity (Wildman–Crippen MR) is 79.0 cm³/mol. The quantitative estimate of drug-likeness (QED) is 0.732. The fourth-order valence-electron chi connectivity index (χ4n) is 2.43. The zero-order valence-electron chi connectivity index (χ0n) is 11.4. The van der Waals surface area contributed by atoms with Crippen molar-refractivity contribution >= 4 is 27.3 Å². The standard InChI is InChI=1S/C13H18ClFN2O3S/c14-11-5-9(16)6-12(13(11)15)21(19,20)17-7-8-1-3-10(18)4-2-8/h5-6,8,10,17-18H,1-4,7,16H2. The van der Waals surface area contributed by atoms with Crippen LogP contribution in [0, 0.1) is 11.7 Å². The normalized spacial score (nSPS) is 23.2. The fourth-order valence-corrected chi connectivity index (χ4v) is 3.97. The molecule has 0 bridgehead atoms. The van der Waals surface area contributed by atoms with Gasteiger partial charge in [-0.25, -0.2) is 17.5 Å². The number of hydrogen-bond donors (Lipinski definition) is 3. The summed E-state index contributed by atoms with van der Waals surface area (Å²) in [4.78, 5) is -0.539. The van der Waals surface area contributed by atoms with E-state index in [1.54, 1.807) is 0 Å². The van der Waals surface area contributed by atoms with Crippen LogP contribution in [0.2, 0.25) is 5.02 Å². The SMILES string of the molecule is Nc1cc(Cl)c(F)c(S(=O)(=O)NCC2CCC(O)CC2)c1. The summed E-state index contributed by atoms with van der Waals surface area (Å²) in [7, 11) is -4.00. The molecule has 0 saturated heterocycles. The summed E-state index contributed by atoms with van der Waals surface area (Å²) in [6.07, 6.45) is 2.49. The van der Waals surface area contributed by atoms with Crippen molar-refractivity contribution in [2.45, 2.75) is 36.7 Å². The minimum Gasteiger partial charge on any atom is -0.399 e. The number of nitrogen functional groups attached to an aromatic ring is 1. The third kappa shape index (κ3) is 4.06. The fraction of sp³-hybridized carbons (Fsp3) is 0.538. The minimum atomic E-state index is -4.00. The Kier molecular flexibility index (Phi) is 5.08. The van der Waals surface area contributed by atoms with Crippen molar-refractivity contribution in [2.24, 2.45) is 5.92 Å². The Bertz CT molecular complexity index is 616. The molecule has 21 heavy (non-hydrogen) atoms. The van der Waals surface area contributed by atoms with Gasteiger partial charge in [0.05, 0.1) is 11.1 Å². The molecule has 1 aliphatic rings. The van der Waals surface area contributed by atoms with Crippen LogP contribution in [0.4, 0.5) is 10.1 Å². The van der Waals surface area contributed by atoms with Crippen molar-refractivity contribution in [1.29, 1.82) is 0 Å². The van der Waals surface area contributed by atoms with E-state index in [4.69, 9.17) is 17.3 Å². The highest BCUT2D eigenvalue weighted by Gasteiger charge is 2.25. The van der Waals surface area contributed by atoms with Gasteiger partial charge in [0.25, 0.3) is 0 Å². The summed E-state index contributed by atoms with van der Waals surface area (Å²) < 4.78 is 40.5. The molecule has 0 amide bonds. The van der Waals surface area contributed by atoms with Crippen molar-refractivity contribution in [3.8, 4) is 0 Å². The number of aliphatic hydroxyl groups excluding tert-OH is 1. The molecule has 0 spiro atoms. The Labute approximate surface area is 128 Å². The maximum Gasteiger partial charge on any atom is 0.243 e. The number of hydrogen-bond acceptors (Lipinski definition) is 4. The summed E-state index contributed by atoms with van der Waals surface area (Å²) >= 11 is 5.62. The van der Waals surface area contributed by atoms with Crippen molar-refractivity contribution in [2.75, 3.05) is 12.3 Å². The monoisotopic (exact) mass is 336 g/mol. The molecule has 0 heterocycles. The van der Waals surface area contributed by atoms with Gasteiger partial charge in [-0.3, -0.25) is 0 Å². The van der Waals surface area contributed by atoms with Gasteiger partial charge in [0.1, 0.15) is 4.90 Å². The van der Waals surface area contributed by atoms with Crippen LogP contribution < -0.4 is 10.5 Å². The lowest BCUT2D eigenvalue weighted by Gasteiger charge is -2.25. The molecule has 5 nitrogen and oxygen atoms in total. The van der Waals surface area contributed by atoms with Gasteiger partial charge in [0, 0.05) is 12.2 Å². The molecular formula is C13H18ClFN2O3S. The van der Waals surface area contributed by atoms with E-state index in [9.17, 15) is 17.9 Å². The number of sulfonamides is 1. The first-order valence-corrected chi connectivity index (χ1v) is 8.58. The van der Waals surface area contributed by atoms with Crippen LogP contribution >= 0.6 is 11.6 Å². The van der Waals surface area contributed by atoms with Gasteiger partial charge >= 0.3 is 0 Å². The van der Waals surface area contributed by atoms with Crippen LogP contribution in [0.1, 0.15) is 25.7 Å². The van der Waals surface area contributed by atoms with E-state index in [0.717, 1.165) is 18.9 Å². The maximum atomic E-state index is 13.9. The Balaban J connectivity index is 2.09. The second-order valence-electron chi connectivity index (χ2n) is 5.34. The third-order valence-corrected chi connectivity index (χ3v) is 5.38. The molecule has 1 saturated carbocycles. The Morgan fingerprint density at radius 2 is 1.95 bits per heavy atom. The second kappa shape index (κ2) is 6.48.